The minimum absolute atomic E-state index is 0.0481. The van der Waals surface area contributed by atoms with E-state index >= 15 is 0 Å². The van der Waals surface area contributed by atoms with Gasteiger partial charge in [0.15, 0.2) is 10.1 Å². The monoisotopic (exact) mass is 430 g/mol. The van der Waals surface area contributed by atoms with Crippen molar-refractivity contribution in [3.05, 3.63) is 102 Å². The van der Waals surface area contributed by atoms with E-state index in [4.69, 9.17) is 4.98 Å². The van der Waals surface area contributed by atoms with Gasteiger partial charge in [-0.05, 0) is 12.1 Å². The SMILES string of the molecule is O=C(CSc1nc(-c2ccccc2)c(NC(=O)c2ccccc2)s1)c1ccccc1. The molecule has 0 aliphatic carbocycles. The fourth-order valence-corrected chi connectivity index (χ4v) is 4.79. The number of aromatic nitrogens is 1. The molecule has 1 heterocycles. The predicted molar refractivity (Wildman–Crippen MR) is 123 cm³/mol. The first-order valence-electron chi connectivity index (χ1n) is 9.34. The van der Waals surface area contributed by atoms with Gasteiger partial charge in [0.2, 0.25) is 0 Å². The van der Waals surface area contributed by atoms with Crippen molar-refractivity contribution in [3.8, 4) is 11.3 Å². The lowest BCUT2D eigenvalue weighted by Gasteiger charge is -2.05. The first-order valence-corrected chi connectivity index (χ1v) is 11.1. The van der Waals surface area contributed by atoms with E-state index < -0.39 is 0 Å². The number of thioether (sulfide) groups is 1. The summed E-state index contributed by atoms with van der Waals surface area (Å²) in [7, 11) is 0. The molecule has 0 bridgehead atoms. The number of hydrogen-bond acceptors (Lipinski definition) is 5. The largest absolute Gasteiger partial charge is 0.312 e. The van der Waals surface area contributed by atoms with Gasteiger partial charge in [0, 0.05) is 16.7 Å². The third-order valence-electron chi connectivity index (χ3n) is 4.34. The van der Waals surface area contributed by atoms with Crippen LogP contribution < -0.4 is 5.32 Å². The first kappa shape index (κ1) is 20.1. The van der Waals surface area contributed by atoms with E-state index in [1.54, 1.807) is 12.1 Å². The summed E-state index contributed by atoms with van der Waals surface area (Å²) < 4.78 is 0.737. The van der Waals surface area contributed by atoms with E-state index in [0.29, 0.717) is 21.8 Å². The van der Waals surface area contributed by atoms with Crippen LogP contribution in [0, 0.1) is 0 Å². The Bertz CT molecular complexity index is 1140. The Kier molecular flexibility index (Phi) is 6.37. The van der Waals surface area contributed by atoms with E-state index in [-0.39, 0.29) is 17.4 Å². The molecule has 1 N–H and O–H groups in total. The number of carbonyl (C=O) groups is 2. The number of anilines is 1. The zero-order chi connectivity index (χ0) is 20.8. The van der Waals surface area contributed by atoms with Gasteiger partial charge in [-0.2, -0.15) is 0 Å². The topological polar surface area (TPSA) is 59.1 Å². The van der Waals surface area contributed by atoms with Crippen LogP contribution in [0.5, 0.6) is 0 Å². The van der Waals surface area contributed by atoms with E-state index in [1.807, 2.05) is 78.9 Å². The highest BCUT2D eigenvalue weighted by atomic mass is 32.2. The molecule has 0 saturated heterocycles. The summed E-state index contributed by atoms with van der Waals surface area (Å²) in [5, 5.41) is 3.65. The molecule has 0 atom stereocenters. The summed E-state index contributed by atoms with van der Waals surface area (Å²) in [6.45, 7) is 0. The Morgan fingerprint density at radius 3 is 2.00 bits per heavy atom. The molecule has 1 amide bonds. The van der Waals surface area contributed by atoms with Crippen LogP contribution in [0.4, 0.5) is 5.00 Å². The quantitative estimate of drug-likeness (QED) is 0.287. The number of thiazole rings is 1. The van der Waals surface area contributed by atoms with Gasteiger partial charge in [0.25, 0.3) is 5.91 Å². The summed E-state index contributed by atoms with van der Waals surface area (Å²) in [5.41, 5.74) is 2.89. The molecular formula is C24H18N2O2S2. The van der Waals surface area contributed by atoms with Crippen LogP contribution >= 0.6 is 23.1 Å². The number of ketones is 1. The Morgan fingerprint density at radius 2 is 1.37 bits per heavy atom. The molecule has 0 aliphatic rings. The van der Waals surface area contributed by atoms with Crippen molar-refractivity contribution in [1.82, 2.24) is 4.98 Å². The van der Waals surface area contributed by atoms with Gasteiger partial charge in [0.1, 0.15) is 10.7 Å². The van der Waals surface area contributed by atoms with Gasteiger partial charge < -0.3 is 5.32 Å². The molecule has 3 aromatic carbocycles. The molecule has 4 aromatic rings. The first-order chi connectivity index (χ1) is 14.7. The normalized spacial score (nSPS) is 10.5. The van der Waals surface area contributed by atoms with Crippen LogP contribution in [0.2, 0.25) is 0 Å². The zero-order valence-corrected chi connectivity index (χ0v) is 17.6. The minimum atomic E-state index is -0.187. The van der Waals surface area contributed by atoms with Crippen molar-refractivity contribution in [3.63, 3.8) is 0 Å². The predicted octanol–water partition coefficient (Wildman–Crippen LogP) is 6.04. The summed E-state index contributed by atoms with van der Waals surface area (Å²) >= 11 is 2.76. The van der Waals surface area contributed by atoms with Crippen molar-refractivity contribution in [2.24, 2.45) is 0 Å². The molecule has 0 radical (unpaired) electrons. The second kappa shape index (κ2) is 9.52. The molecule has 0 spiro atoms. The number of carbonyl (C=O) groups excluding carboxylic acids is 2. The van der Waals surface area contributed by atoms with E-state index in [1.165, 1.54) is 23.1 Å². The average Bonchev–Trinajstić information content (AvgIpc) is 3.21. The fourth-order valence-electron chi connectivity index (χ4n) is 2.84. The molecule has 1 aromatic heterocycles. The van der Waals surface area contributed by atoms with Crippen molar-refractivity contribution < 1.29 is 9.59 Å². The number of amides is 1. The Balaban J connectivity index is 1.56. The summed E-state index contributed by atoms with van der Waals surface area (Å²) in [4.78, 5) is 29.8. The van der Waals surface area contributed by atoms with Gasteiger partial charge in [-0.3, -0.25) is 9.59 Å². The molecule has 0 unspecified atom stereocenters. The van der Waals surface area contributed by atoms with Crippen LogP contribution in [-0.2, 0) is 0 Å². The van der Waals surface area contributed by atoms with Crippen LogP contribution in [0.3, 0.4) is 0 Å². The number of Topliss-reactive ketones (excluding diaryl/α,β-unsaturated/α-hetero) is 1. The molecule has 30 heavy (non-hydrogen) atoms. The summed E-state index contributed by atoms with van der Waals surface area (Å²) in [5.74, 6) is 0.151. The maximum atomic E-state index is 12.7. The smallest absolute Gasteiger partial charge is 0.256 e. The third-order valence-corrected chi connectivity index (χ3v) is 6.45. The molecule has 6 heteroatoms. The Hall–Kier alpha value is -3.22. The lowest BCUT2D eigenvalue weighted by Crippen LogP contribution is -2.11. The number of hydrogen-bond donors (Lipinski definition) is 1. The van der Waals surface area contributed by atoms with Crippen LogP contribution in [0.1, 0.15) is 20.7 Å². The van der Waals surface area contributed by atoms with Gasteiger partial charge in [-0.25, -0.2) is 4.98 Å². The second-order valence-electron chi connectivity index (χ2n) is 6.42. The highest BCUT2D eigenvalue weighted by Crippen LogP contribution is 2.38. The van der Waals surface area contributed by atoms with Crippen molar-refractivity contribution in [2.45, 2.75) is 4.34 Å². The highest BCUT2D eigenvalue weighted by Gasteiger charge is 2.17. The molecular weight excluding hydrogens is 412 g/mol. The molecule has 0 aliphatic heterocycles. The van der Waals surface area contributed by atoms with E-state index in [2.05, 4.69) is 5.32 Å². The standard InChI is InChI=1S/C24H18N2O2S2/c27-20(17-10-4-1-5-11-17)16-29-24-25-21(18-12-6-2-7-13-18)23(30-24)26-22(28)19-14-8-3-9-15-19/h1-15H,16H2,(H,26,28). The maximum absolute atomic E-state index is 12.7. The lowest BCUT2D eigenvalue weighted by molar-refractivity contribution is 0.101. The van der Waals surface area contributed by atoms with Gasteiger partial charge in [-0.1, -0.05) is 102 Å². The molecule has 4 nitrogen and oxygen atoms in total. The van der Waals surface area contributed by atoms with E-state index in [9.17, 15) is 9.59 Å². The minimum Gasteiger partial charge on any atom is -0.312 e. The van der Waals surface area contributed by atoms with E-state index in [0.717, 1.165) is 9.90 Å². The lowest BCUT2D eigenvalue weighted by atomic mass is 10.1. The summed E-state index contributed by atoms with van der Waals surface area (Å²) in [6.07, 6.45) is 0. The number of nitrogens with one attached hydrogen (secondary N) is 1. The maximum Gasteiger partial charge on any atom is 0.256 e. The van der Waals surface area contributed by atoms with Crippen molar-refractivity contribution in [1.29, 1.82) is 0 Å². The van der Waals surface area contributed by atoms with Gasteiger partial charge in [0.05, 0.1) is 5.75 Å². The Labute approximate surface area is 183 Å². The van der Waals surface area contributed by atoms with Crippen molar-refractivity contribution >= 4 is 39.8 Å². The molecule has 0 saturated carbocycles. The average molecular weight is 431 g/mol. The highest BCUT2D eigenvalue weighted by molar-refractivity contribution is 8.01. The molecule has 4 rings (SSSR count). The van der Waals surface area contributed by atoms with Gasteiger partial charge in [-0.15, -0.1) is 0 Å². The van der Waals surface area contributed by atoms with Crippen molar-refractivity contribution in [2.75, 3.05) is 11.1 Å². The van der Waals surface area contributed by atoms with Crippen LogP contribution in [0.25, 0.3) is 11.3 Å². The van der Waals surface area contributed by atoms with Crippen LogP contribution in [0.15, 0.2) is 95.3 Å². The number of benzene rings is 3. The van der Waals surface area contributed by atoms with Gasteiger partial charge >= 0.3 is 0 Å². The third kappa shape index (κ3) is 4.84. The fraction of sp³-hybridized carbons (Fsp3) is 0.0417. The zero-order valence-electron chi connectivity index (χ0n) is 15.9. The second-order valence-corrected chi connectivity index (χ2v) is 8.64. The molecule has 148 valence electrons. The number of rotatable bonds is 7. The molecule has 0 fully saturated rings. The van der Waals surface area contributed by atoms with Crippen LogP contribution in [-0.4, -0.2) is 22.4 Å². The Morgan fingerprint density at radius 1 is 0.800 bits per heavy atom. The number of nitrogens with zero attached hydrogens (tertiary/aromatic N) is 1. The summed E-state index contributed by atoms with van der Waals surface area (Å²) in [6, 6.07) is 28.0.